The maximum atomic E-state index is 12.9. The van der Waals surface area contributed by atoms with Crippen LogP contribution in [0.5, 0.6) is 0 Å². The van der Waals surface area contributed by atoms with Gasteiger partial charge in [-0.15, -0.1) is 10.2 Å². The lowest BCUT2D eigenvalue weighted by molar-refractivity contribution is -0.179. The van der Waals surface area contributed by atoms with Crippen LogP contribution in [0.2, 0.25) is 0 Å². The third-order valence-corrected chi connectivity index (χ3v) is 5.41. The molecule has 2 aliphatic heterocycles. The summed E-state index contributed by atoms with van der Waals surface area (Å²) in [7, 11) is 0. The van der Waals surface area contributed by atoms with E-state index in [1.807, 2.05) is 12.1 Å². The average Bonchev–Trinajstić information content (AvgIpc) is 3.14. The number of carbonyl (C=O) groups excluding carboxylic acids is 1. The Morgan fingerprint density at radius 1 is 1.14 bits per heavy atom. The Kier molecular flexibility index (Phi) is 5.44. The lowest BCUT2D eigenvalue weighted by Crippen LogP contribution is -2.36. The second-order valence-corrected chi connectivity index (χ2v) is 7.24. The Balaban J connectivity index is 1.35. The van der Waals surface area contributed by atoms with Gasteiger partial charge in [-0.2, -0.15) is 13.2 Å². The van der Waals surface area contributed by atoms with Gasteiger partial charge in [-0.3, -0.25) is 4.79 Å². The van der Waals surface area contributed by atoms with E-state index < -0.39 is 12.1 Å². The van der Waals surface area contributed by atoms with Gasteiger partial charge in [0.25, 0.3) is 5.91 Å². The summed E-state index contributed by atoms with van der Waals surface area (Å²) in [6.07, 6.45) is -4.40. The van der Waals surface area contributed by atoms with Gasteiger partial charge in [0.05, 0.1) is 25.7 Å². The Morgan fingerprint density at radius 3 is 2.55 bits per heavy atom. The number of alkyl halides is 3. The lowest BCUT2D eigenvalue weighted by atomic mass is 9.97. The third kappa shape index (κ3) is 4.36. The second-order valence-electron chi connectivity index (χ2n) is 7.24. The topological polar surface area (TPSA) is 72.3 Å². The Bertz CT molecular complexity index is 860. The van der Waals surface area contributed by atoms with Crippen molar-refractivity contribution in [3.8, 4) is 0 Å². The molecule has 2 aromatic rings. The van der Waals surface area contributed by atoms with Crippen LogP contribution in [0.3, 0.4) is 0 Å². The van der Waals surface area contributed by atoms with Gasteiger partial charge in [0, 0.05) is 37.3 Å². The molecule has 1 unspecified atom stereocenters. The molecular weight excluding hydrogens is 387 g/mol. The highest BCUT2D eigenvalue weighted by Gasteiger charge is 2.42. The van der Waals surface area contributed by atoms with E-state index in [9.17, 15) is 18.0 Å². The minimum absolute atomic E-state index is 0.00150. The molecule has 1 atom stereocenters. The zero-order valence-electron chi connectivity index (χ0n) is 15.8. The van der Waals surface area contributed by atoms with Gasteiger partial charge in [-0.25, -0.2) is 0 Å². The van der Waals surface area contributed by atoms with Crippen molar-refractivity contribution in [2.75, 3.05) is 31.2 Å². The van der Waals surface area contributed by atoms with Crippen molar-refractivity contribution in [2.24, 2.45) is 5.92 Å². The first-order chi connectivity index (χ1) is 13.9. The minimum atomic E-state index is -4.22. The summed E-state index contributed by atoms with van der Waals surface area (Å²) < 4.78 is 45.7. The van der Waals surface area contributed by atoms with Crippen LogP contribution in [0.15, 0.2) is 24.3 Å². The molecule has 1 fully saturated rings. The van der Waals surface area contributed by atoms with E-state index in [2.05, 4.69) is 20.4 Å². The second kappa shape index (κ2) is 8.02. The zero-order chi connectivity index (χ0) is 20.4. The highest BCUT2D eigenvalue weighted by atomic mass is 19.4. The van der Waals surface area contributed by atoms with E-state index in [-0.39, 0.29) is 31.8 Å². The van der Waals surface area contributed by atoms with Crippen molar-refractivity contribution >= 4 is 11.6 Å². The number of ether oxygens (including phenoxy) is 1. The van der Waals surface area contributed by atoms with E-state index in [4.69, 9.17) is 4.74 Å². The van der Waals surface area contributed by atoms with Crippen molar-refractivity contribution in [1.82, 2.24) is 20.1 Å². The molecule has 2 aliphatic rings. The first-order valence-corrected chi connectivity index (χ1v) is 9.60. The molecule has 1 aromatic heterocycles. The Morgan fingerprint density at radius 2 is 1.86 bits per heavy atom. The number of hydrogen-bond acceptors (Lipinski definition) is 5. The fourth-order valence-electron chi connectivity index (χ4n) is 3.71. The smallest absolute Gasteiger partial charge is 0.378 e. The predicted molar refractivity (Wildman–Crippen MR) is 98.5 cm³/mol. The molecule has 29 heavy (non-hydrogen) atoms. The van der Waals surface area contributed by atoms with Crippen molar-refractivity contribution in [3.63, 3.8) is 0 Å². The van der Waals surface area contributed by atoms with Gasteiger partial charge in [-0.05, 0) is 30.7 Å². The van der Waals surface area contributed by atoms with E-state index in [0.717, 1.165) is 18.8 Å². The normalized spacial score (nSPS) is 19.7. The number of rotatable bonds is 4. The monoisotopic (exact) mass is 409 g/mol. The van der Waals surface area contributed by atoms with Crippen LogP contribution >= 0.6 is 0 Å². The summed E-state index contributed by atoms with van der Waals surface area (Å²) in [5, 5.41) is 10.6. The van der Waals surface area contributed by atoms with Crippen LogP contribution in [-0.2, 0) is 24.2 Å². The minimum Gasteiger partial charge on any atom is -0.378 e. The van der Waals surface area contributed by atoms with Crippen LogP contribution in [0.4, 0.5) is 18.9 Å². The SMILES string of the molecule is O=C(NCc1nnc2n1CCC(C(F)(F)F)C2)c1ccc(N2CCOCC2)cc1. The molecule has 0 radical (unpaired) electrons. The standard InChI is InChI=1S/C19H22F3N5O2/c20-19(21,22)14-5-6-27-16(11-14)24-25-17(27)12-23-18(28)13-1-3-15(4-2-13)26-7-9-29-10-8-26/h1-4,14H,5-12H2,(H,23,28). The molecule has 1 amide bonds. The summed E-state index contributed by atoms with van der Waals surface area (Å²) >= 11 is 0. The number of fused-ring (bicyclic) bond motifs is 1. The van der Waals surface area contributed by atoms with Crippen molar-refractivity contribution in [2.45, 2.75) is 32.1 Å². The number of carbonyl (C=O) groups is 1. The number of anilines is 1. The molecular formula is C19H22F3N5O2. The summed E-state index contributed by atoms with van der Waals surface area (Å²) in [6, 6.07) is 7.31. The molecule has 3 heterocycles. The number of nitrogens with one attached hydrogen (secondary N) is 1. The molecule has 7 nitrogen and oxygen atoms in total. The summed E-state index contributed by atoms with van der Waals surface area (Å²) in [5.74, 6) is -0.858. The molecule has 0 bridgehead atoms. The van der Waals surface area contributed by atoms with Crippen LogP contribution < -0.4 is 10.2 Å². The molecule has 0 spiro atoms. The number of aromatic nitrogens is 3. The number of amides is 1. The average molecular weight is 409 g/mol. The quantitative estimate of drug-likeness (QED) is 0.838. The molecule has 0 aliphatic carbocycles. The summed E-state index contributed by atoms with van der Waals surface area (Å²) in [5.41, 5.74) is 1.55. The molecule has 1 N–H and O–H groups in total. The molecule has 1 saturated heterocycles. The lowest BCUT2D eigenvalue weighted by Gasteiger charge is -2.28. The van der Waals surface area contributed by atoms with Gasteiger partial charge >= 0.3 is 6.18 Å². The zero-order valence-corrected chi connectivity index (χ0v) is 15.8. The van der Waals surface area contributed by atoms with E-state index >= 15 is 0 Å². The highest BCUT2D eigenvalue weighted by molar-refractivity contribution is 5.94. The maximum absolute atomic E-state index is 12.9. The van der Waals surface area contributed by atoms with Gasteiger partial charge in [0.1, 0.15) is 5.82 Å². The first kappa shape index (κ1) is 19.7. The molecule has 156 valence electrons. The van der Waals surface area contributed by atoms with E-state index in [1.165, 1.54) is 0 Å². The van der Waals surface area contributed by atoms with Crippen molar-refractivity contribution in [1.29, 1.82) is 0 Å². The molecule has 0 saturated carbocycles. The van der Waals surface area contributed by atoms with Crippen LogP contribution in [0.1, 0.15) is 28.4 Å². The summed E-state index contributed by atoms with van der Waals surface area (Å²) in [4.78, 5) is 14.6. The van der Waals surface area contributed by atoms with Crippen molar-refractivity contribution < 1.29 is 22.7 Å². The van der Waals surface area contributed by atoms with Crippen LogP contribution in [0.25, 0.3) is 0 Å². The highest BCUT2D eigenvalue weighted by Crippen LogP contribution is 2.34. The number of morpholine rings is 1. The van der Waals surface area contributed by atoms with Crippen LogP contribution in [0, 0.1) is 5.92 Å². The van der Waals surface area contributed by atoms with Gasteiger partial charge in [0.15, 0.2) is 5.82 Å². The van der Waals surface area contributed by atoms with Gasteiger partial charge in [0.2, 0.25) is 0 Å². The van der Waals surface area contributed by atoms with Crippen molar-refractivity contribution in [3.05, 3.63) is 41.5 Å². The summed E-state index contributed by atoms with van der Waals surface area (Å²) in [6.45, 7) is 3.33. The third-order valence-electron chi connectivity index (χ3n) is 5.41. The van der Waals surface area contributed by atoms with E-state index in [1.54, 1.807) is 16.7 Å². The molecule has 4 rings (SSSR count). The number of nitrogens with zero attached hydrogens (tertiary/aromatic N) is 4. The van der Waals surface area contributed by atoms with Crippen LogP contribution in [-0.4, -0.2) is 53.2 Å². The largest absolute Gasteiger partial charge is 0.392 e. The number of hydrogen-bond donors (Lipinski definition) is 1. The fraction of sp³-hybridized carbons (Fsp3) is 0.526. The fourth-order valence-corrected chi connectivity index (χ4v) is 3.71. The molecule has 1 aromatic carbocycles. The number of halogens is 3. The first-order valence-electron chi connectivity index (χ1n) is 9.60. The van der Waals surface area contributed by atoms with E-state index in [0.29, 0.717) is 30.4 Å². The number of benzene rings is 1. The Labute approximate surface area is 165 Å². The van der Waals surface area contributed by atoms with Gasteiger partial charge < -0.3 is 19.5 Å². The Hall–Kier alpha value is -2.62. The van der Waals surface area contributed by atoms with Gasteiger partial charge in [-0.1, -0.05) is 0 Å². The maximum Gasteiger partial charge on any atom is 0.392 e. The molecule has 10 heteroatoms. The predicted octanol–water partition coefficient (Wildman–Crippen LogP) is 2.17.